The van der Waals surface area contributed by atoms with E-state index in [0.29, 0.717) is 10.2 Å². The van der Waals surface area contributed by atoms with Crippen molar-refractivity contribution in [3.05, 3.63) is 51.2 Å². The minimum absolute atomic E-state index is 0.0440. The smallest absolute Gasteiger partial charge is 0.149 e. The van der Waals surface area contributed by atoms with E-state index in [1.807, 2.05) is 0 Å². The van der Waals surface area contributed by atoms with Crippen LogP contribution in [0.4, 0.5) is 4.39 Å². The van der Waals surface area contributed by atoms with Gasteiger partial charge in [0.15, 0.2) is 0 Å². The monoisotopic (exact) mass is 318 g/mol. The fraction of sp³-hybridized carbons (Fsp3) is 0.182. The Morgan fingerprint density at radius 3 is 2.82 bits per heavy atom. The first-order valence-electron chi connectivity index (χ1n) is 4.80. The van der Waals surface area contributed by atoms with Gasteiger partial charge in [0.25, 0.3) is 0 Å². The largest absolute Gasteiger partial charge is 0.382 e. The standard InChI is InChI=1S/C11H9BrClFN2O/c1-16-4-8(15-5-16)11(17)6-2-3-7(12)9(13)10(6)14/h2-5,11,17H,1H3. The van der Waals surface area contributed by atoms with Gasteiger partial charge in [0.2, 0.25) is 0 Å². The summed E-state index contributed by atoms with van der Waals surface area (Å²) in [5, 5.41) is 9.97. The minimum Gasteiger partial charge on any atom is -0.382 e. The van der Waals surface area contributed by atoms with Gasteiger partial charge in [-0.2, -0.15) is 0 Å². The second-order valence-corrected chi connectivity index (χ2v) is 4.86. The molecule has 0 amide bonds. The van der Waals surface area contributed by atoms with E-state index in [1.165, 1.54) is 12.4 Å². The Morgan fingerprint density at radius 1 is 1.53 bits per heavy atom. The predicted molar refractivity (Wildman–Crippen MR) is 66.4 cm³/mol. The van der Waals surface area contributed by atoms with Gasteiger partial charge in [-0.05, 0) is 22.0 Å². The lowest BCUT2D eigenvalue weighted by Crippen LogP contribution is -2.03. The molecular formula is C11H9BrClFN2O. The lowest BCUT2D eigenvalue weighted by molar-refractivity contribution is 0.210. The molecule has 1 heterocycles. The molecule has 2 rings (SSSR count). The zero-order valence-electron chi connectivity index (χ0n) is 8.86. The Hall–Kier alpha value is -0.910. The maximum atomic E-state index is 13.8. The highest BCUT2D eigenvalue weighted by Gasteiger charge is 2.20. The molecule has 0 aliphatic rings. The van der Waals surface area contributed by atoms with Crippen LogP contribution in [0, 0.1) is 5.82 Å². The molecule has 90 valence electrons. The molecule has 0 saturated heterocycles. The van der Waals surface area contributed by atoms with Crippen molar-refractivity contribution >= 4 is 27.5 Å². The number of aryl methyl sites for hydroxylation is 1. The Bertz CT molecular complexity index is 558. The second kappa shape index (κ2) is 4.76. The van der Waals surface area contributed by atoms with E-state index in [-0.39, 0.29) is 10.6 Å². The van der Waals surface area contributed by atoms with Gasteiger partial charge in [-0.15, -0.1) is 0 Å². The Balaban J connectivity index is 2.44. The molecule has 0 spiro atoms. The molecule has 2 aromatic rings. The fourth-order valence-corrected chi connectivity index (χ4v) is 1.96. The van der Waals surface area contributed by atoms with Crippen molar-refractivity contribution in [2.75, 3.05) is 0 Å². The zero-order chi connectivity index (χ0) is 12.6. The van der Waals surface area contributed by atoms with Gasteiger partial charge in [0.05, 0.1) is 17.0 Å². The highest BCUT2D eigenvalue weighted by atomic mass is 79.9. The lowest BCUT2D eigenvalue weighted by atomic mass is 10.1. The van der Waals surface area contributed by atoms with Crippen LogP contribution in [0.2, 0.25) is 5.02 Å². The van der Waals surface area contributed by atoms with Crippen molar-refractivity contribution in [3.8, 4) is 0 Å². The third kappa shape index (κ3) is 2.36. The van der Waals surface area contributed by atoms with E-state index >= 15 is 0 Å². The maximum absolute atomic E-state index is 13.8. The van der Waals surface area contributed by atoms with Crippen LogP contribution in [0.25, 0.3) is 0 Å². The number of imidazole rings is 1. The Morgan fingerprint density at radius 2 is 2.24 bits per heavy atom. The van der Waals surface area contributed by atoms with Gasteiger partial charge in [-0.1, -0.05) is 17.7 Å². The summed E-state index contributed by atoms with van der Waals surface area (Å²) >= 11 is 8.88. The van der Waals surface area contributed by atoms with E-state index in [9.17, 15) is 9.50 Å². The molecule has 17 heavy (non-hydrogen) atoms. The number of aliphatic hydroxyl groups excluding tert-OH is 1. The normalized spacial score (nSPS) is 12.8. The summed E-state index contributed by atoms with van der Waals surface area (Å²) in [5.74, 6) is -0.640. The van der Waals surface area contributed by atoms with Crippen LogP contribution in [0.1, 0.15) is 17.4 Å². The predicted octanol–water partition coefficient (Wildman–Crippen LogP) is 3.06. The van der Waals surface area contributed by atoms with Gasteiger partial charge in [-0.3, -0.25) is 0 Å². The third-order valence-electron chi connectivity index (χ3n) is 2.36. The average Bonchev–Trinajstić information content (AvgIpc) is 2.72. The molecule has 0 fully saturated rings. The van der Waals surface area contributed by atoms with Crippen LogP contribution in [-0.2, 0) is 7.05 Å². The summed E-state index contributed by atoms with van der Waals surface area (Å²) in [6, 6.07) is 3.07. The number of hydrogen-bond acceptors (Lipinski definition) is 2. The Kier molecular flexibility index (Phi) is 3.51. The van der Waals surface area contributed by atoms with E-state index in [0.717, 1.165) is 0 Å². The minimum atomic E-state index is -1.12. The van der Waals surface area contributed by atoms with Crippen LogP contribution in [-0.4, -0.2) is 14.7 Å². The molecule has 1 N–H and O–H groups in total. The molecule has 1 aromatic heterocycles. The molecule has 6 heteroatoms. The molecule has 0 bridgehead atoms. The van der Waals surface area contributed by atoms with Crippen molar-refractivity contribution in [2.45, 2.75) is 6.10 Å². The van der Waals surface area contributed by atoms with Crippen LogP contribution in [0.5, 0.6) is 0 Å². The van der Waals surface area contributed by atoms with Gasteiger partial charge in [0.1, 0.15) is 11.9 Å². The van der Waals surface area contributed by atoms with Crippen molar-refractivity contribution in [1.29, 1.82) is 0 Å². The quantitative estimate of drug-likeness (QED) is 0.864. The third-order valence-corrected chi connectivity index (χ3v) is 3.62. The molecule has 1 atom stereocenters. The average molecular weight is 320 g/mol. The SMILES string of the molecule is Cn1cnc(C(O)c2ccc(Br)c(Cl)c2F)c1. The van der Waals surface area contributed by atoms with E-state index in [1.54, 1.807) is 23.9 Å². The number of hydrogen-bond donors (Lipinski definition) is 1. The molecular weight excluding hydrogens is 310 g/mol. The fourth-order valence-electron chi connectivity index (χ4n) is 1.49. The summed E-state index contributed by atoms with van der Waals surface area (Å²) in [6.07, 6.45) is 2.04. The topological polar surface area (TPSA) is 38.0 Å². The summed E-state index contributed by atoms with van der Waals surface area (Å²) in [7, 11) is 1.77. The van der Waals surface area contributed by atoms with Crippen LogP contribution >= 0.6 is 27.5 Å². The highest BCUT2D eigenvalue weighted by Crippen LogP contribution is 2.32. The van der Waals surface area contributed by atoms with Crippen LogP contribution < -0.4 is 0 Å². The molecule has 0 aliphatic heterocycles. The molecule has 0 radical (unpaired) electrons. The zero-order valence-corrected chi connectivity index (χ0v) is 11.2. The number of aromatic nitrogens is 2. The van der Waals surface area contributed by atoms with Gasteiger partial charge < -0.3 is 9.67 Å². The first-order valence-corrected chi connectivity index (χ1v) is 5.97. The first kappa shape index (κ1) is 12.5. The molecule has 0 saturated carbocycles. The van der Waals surface area contributed by atoms with E-state index in [2.05, 4.69) is 20.9 Å². The van der Waals surface area contributed by atoms with Crippen LogP contribution in [0.15, 0.2) is 29.1 Å². The highest BCUT2D eigenvalue weighted by molar-refractivity contribution is 9.10. The molecule has 1 unspecified atom stereocenters. The summed E-state index contributed by atoms with van der Waals surface area (Å²) in [5.41, 5.74) is 0.488. The number of halogens is 3. The summed E-state index contributed by atoms with van der Waals surface area (Å²) in [6.45, 7) is 0. The van der Waals surface area contributed by atoms with Crippen LogP contribution in [0.3, 0.4) is 0 Å². The number of nitrogens with zero attached hydrogens (tertiary/aromatic N) is 2. The number of aliphatic hydroxyl groups is 1. The van der Waals surface area contributed by atoms with E-state index < -0.39 is 11.9 Å². The van der Waals surface area contributed by atoms with Gasteiger partial charge in [0, 0.05) is 23.3 Å². The maximum Gasteiger partial charge on any atom is 0.149 e. The molecule has 1 aromatic carbocycles. The second-order valence-electron chi connectivity index (χ2n) is 3.63. The van der Waals surface area contributed by atoms with Crippen molar-refractivity contribution < 1.29 is 9.50 Å². The van der Waals surface area contributed by atoms with Crippen molar-refractivity contribution in [2.24, 2.45) is 7.05 Å². The van der Waals surface area contributed by atoms with Gasteiger partial charge >= 0.3 is 0 Å². The van der Waals surface area contributed by atoms with Gasteiger partial charge in [-0.25, -0.2) is 9.37 Å². The molecule has 0 aliphatic carbocycles. The number of rotatable bonds is 2. The Labute approximate surface area is 111 Å². The lowest BCUT2D eigenvalue weighted by Gasteiger charge is -2.11. The van der Waals surface area contributed by atoms with E-state index in [4.69, 9.17) is 11.6 Å². The van der Waals surface area contributed by atoms with Crippen molar-refractivity contribution in [1.82, 2.24) is 9.55 Å². The van der Waals surface area contributed by atoms with Crippen molar-refractivity contribution in [3.63, 3.8) is 0 Å². The number of benzene rings is 1. The summed E-state index contributed by atoms with van der Waals surface area (Å²) < 4.78 is 16.0. The molecule has 3 nitrogen and oxygen atoms in total. The first-order chi connectivity index (χ1) is 8.00. The summed E-state index contributed by atoms with van der Waals surface area (Å²) in [4.78, 5) is 3.98.